The summed E-state index contributed by atoms with van der Waals surface area (Å²) in [6.45, 7) is 1.53. The summed E-state index contributed by atoms with van der Waals surface area (Å²) in [7, 11) is 0. The van der Waals surface area contributed by atoms with Gasteiger partial charge < -0.3 is 10.5 Å². The van der Waals surface area contributed by atoms with Crippen LogP contribution in [0.15, 0.2) is 60.9 Å². The molecule has 1 aliphatic rings. The smallest absolute Gasteiger partial charge is 0.143 e. The third-order valence-corrected chi connectivity index (χ3v) is 5.39. The van der Waals surface area contributed by atoms with Crippen LogP contribution in [0.1, 0.15) is 37.7 Å². The zero-order valence-electron chi connectivity index (χ0n) is 15.7. The van der Waals surface area contributed by atoms with Crippen molar-refractivity contribution in [3.05, 3.63) is 66.5 Å². The molecule has 0 atom stereocenters. The molecule has 0 radical (unpaired) electrons. The van der Waals surface area contributed by atoms with Gasteiger partial charge in [-0.25, -0.2) is 0 Å². The summed E-state index contributed by atoms with van der Waals surface area (Å²) in [4.78, 5) is 0. The molecular weight excluding hydrogens is 334 g/mol. The summed E-state index contributed by atoms with van der Waals surface area (Å²) in [5, 5.41) is 4.58. The van der Waals surface area contributed by atoms with Gasteiger partial charge in [0.15, 0.2) is 0 Å². The van der Waals surface area contributed by atoms with Gasteiger partial charge in [0, 0.05) is 18.3 Å². The zero-order valence-corrected chi connectivity index (χ0v) is 15.7. The molecule has 27 heavy (non-hydrogen) atoms. The van der Waals surface area contributed by atoms with Crippen LogP contribution >= 0.6 is 0 Å². The molecule has 4 heteroatoms. The Bertz CT molecular complexity index is 866. The van der Waals surface area contributed by atoms with E-state index in [1.54, 1.807) is 0 Å². The third kappa shape index (κ3) is 4.51. The van der Waals surface area contributed by atoms with Gasteiger partial charge in [-0.3, -0.25) is 4.68 Å². The molecule has 140 valence electrons. The SMILES string of the molecule is Nc1ccc(-c2cnn(CC3CCCCC3)c2)cc1OCc1ccccc1. The number of hydrogen-bond donors (Lipinski definition) is 1. The van der Waals surface area contributed by atoms with Crippen LogP contribution in [-0.4, -0.2) is 9.78 Å². The molecule has 4 nitrogen and oxygen atoms in total. The Morgan fingerprint density at radius 3 is 2.63 bits per heavy atom. The Kier molecular flexibility index (Phi) is 5.42. The van der Waals surface area contributed by atoms with Crippen molar-refractivity contribution in [1.82, 2.24) is 9.78 Å². The minimum Gasteiger partial charge on any atom is -0.487 e. The van der Waals surface area contributed by atoms with Crippen LogP contribution in [0.5, 0.6) is 5.75 Å². The number of aromatic nitrogens is 2. The highest BCUT2D eigenvalue weighted by atomic mass is 16.5. The first kappa shape index (κ1) is 17.7. The predicted molar refractivity (Wildman–Crippen MR) is 109 cm³/mol. The van der Waals surface area contributed by atoms with Gasteiger partial charge in [-0.1, -0.05) is 55.7 Å². The monoisotopic (exact) mass is 361 g/mol. The molecule has 0 unspecified atom stereocenters. The first-order valence-corrected chi connectivity index (χ1v) is 9.87. The highest BCUT2D eigenvalue weighted by Crippen LogP contribution is 2.30. The zero-order chi connectivity index (χ0) is 18.5. The molecule has 1 fully saturated rings. The molecule has 0 spiro atoms. The number of ether oxygens (including phenoxy) is 1. The molecule has 4 rings (SSSR count). The normalized spacial score (nSPS) is 15.0. The summed E-state index contributed by atoms with van der Waals surface area (Å²) in [5.41, 5.74) is 10.1. The molecule has 2 aromatic carbocycles. The van der Waals surface area contributed by atoms with Crippen molar-refractivity contribution in [2.24, 2.45) is 5.92 Å². The lowest BCUT2D eigenvalue weighted by molar-refractivity contribution is 0.308. The summed E-state index contributed by atoms with van der Waals surface area (Å²) in [6.07, 6.45) is 10.8. The Hall–Kier alpha value is -2.75. The summed E-state index contributed by atoms with van der Waals surface area (Å²) < 4.78 is 8.05. The number of nitrogen functional groups attached to an aromatic ring is 1. The maximum absolute atomic E-state index is 6.11. The maximum atomic E-state index is 6.11. The first-order chi connectivity index (χ1) is 13.3. The Morgan fingerprint density at radius 1 is 1.00 bits per heavy atom. The van der Waals surface area contributed by atoms with E-state index in [4.69, 9.17) is 10.5 Å². The number of benzene rings is 2. The van der Waals surface area contributed by atoms with Gasteiger partial charge in [0.1, 0.15) is 12.4 Å². The van der Waals surface area contributed by atoms with Crippen LogP contribution in [0.2, 0.25) is 0 Å². The van der Waals surface area contributed by atoms with Gasteiger partial charge in [-0.15, -0.1) is 0 Å². The molecule has 0 amide bonds. The molecule has 0 saturated heterocycles. The standard InChI is InChI=1S/C23H27N3O/c24-22-12-11-20(13-23(22)27-17-19-9-5-2-6-10-19)21-14-25-26(16-21)15-18-7-3-1-4-8-18/h2,5-6,9-14,16,18H,1,3-4,7-8,15,17,24H2. The lowest BCUT2D eigenvalue weighted by atomic mass is 9.89. The van der Waals surface area contributed by atoms with E-state index in [9.17, 15) is 0 Å². The van der Waals surface area contributed by atoms with E-state index >= 15 is 0 Å². The maximum Gasteiger partial charge on any atom is 0.143 e. The number of hydrogen-bond acceptors (Lipinski definition) is 3. The fourth-order valence-corrected chi connectivity index (χ4v) is 3.82. The fraction of sp³-hybridized carbons (Fsp3) is 0.348. The number of anilines is 1. The molecule has 1 saturated carbocycles. The quantitative estimate of drug-likeness (QED) is 0.607. The van der Waals surface area contributed by atoms with E-state index in [0.717, 1.165) is 34.9 Å². The predicted octanol–water partition coefficient (Wildman–Crippen LogP) is 5.29. The second-order valence-corrected chi connectivity index (χ2v) is 7.48. The highest BCUT2D eigenvalue weighted by molar-refractivity contribution is 5.68. The van der Waals surface area contributed by atoms with Gasteiger partial charge in [0.25, 0.3) is 0 Å². The van der Waals surface area contributed by atoms with Gasteiger partial charge in [0.05, 0.1) is 11.9 Å². The Labute approximate surface area is 161 Å². The van der Waals surface area contributed by atoms with E-state index in [1.165, 1.54) is 32.1 Å². The molecule has 0 aliphatic heterocycles. The van der Waals surface area contributed by atoms with Crippen molar-refractivity contribution in [3.8, 4) is 16.9 Å². The molecule has 1 aromatic heterocycles. The molecule has 3 aromatic rings. The summed E-state index contributed by atoms with van der Waals surface area (Å²) in [5.74, 6) is 1.49. The van der Waals surface area contributed by atoms with Crippen molar-refractivity contribution in [2.75, 3.05) is 5.73 Å². The van der Waals surface area contributed by atoms with E-state index in [1.807, 2.05) is 42.6 Å². The second-order valence-electron chi connectivity index (χ2n) is 7.48. The van der Waals surface area contributed by atoms with E-state index in [2.05, 4.69) is 28.1 Å². The van der Waals surface area contributed by atoms with Crippen LogP contribution in [0.3, 0.4) is 0 Å². The van der Waals surface area contributed by atoms with E-state index < -0.39 is 0 Å². The second kappa shape index (κ2) is 8.30. The van der Waals surface area contributed by atoms with E-state index in [0.29, 0.717) is 12.3 Å². The topological polar surface area (TPSA) is 53.1 Å². The van der Waals surface area contributed by atoms with Crippen LogP contribution < -0.4 is 10.5 Å². The fourth-order valence-electron chi connectivity index (χ4n) is 3.82. The lowest BCUT2D eigenvalue weighted by Crippen LogP contribution is -2.14. The van der Waals surface area contributed by atoms with Crippen LogP contribution in [0.4, 0.5) is 5.69 Å². The van der Waals surface area contributed by atoms with Gasteiger partial charge in [-0.2, -0.15) is 5.10 Å². The Morgan fingerprint density at radius 2 is 1.81 bits per heavy atom. The van der Waals surface area contributed by atoms with Crippen molar-refractivity contribution in [3.63, 3.8) is 0 Å². The van der Waals surface area contributed by atoms with Crippen molar-refractivity contribution in [2.45, 2.75) is 45.3 Å². The average molecular weight is 361 g/mol. The van der Waals surface area contributed by atoms with E-state index in [-0.39, 0.29) is 0 Å². The number of nitrogens with zero attached hydrogens (tertiary/aromatic N) is 2. The Balaban J connectivity index is 1.45. The van der Waals surface area contributed by atoms with Crippen LogP contribution in [0, 0.1) is 5.92 Å². The minimum atomic E-state index is 0.509. The third-order valence-electron chi connectivity index (χ3n) is 5.39. The van der Waals surface area contributed by atoms with Crippen LogP contribution in [-0.2, 0) is 13.2 Å². The molecule has 1 aliphatic carbocycles. The summed E-state index contributed by atoms with van der Waals surface area (Å²) in [6, 6.07) is 16.1. The molecule has 2 N–H and O–H groups in total. The first-order valence-electron chi connectivity index (χ1n) is 9.87. The van der Waals surface area contributed by atoms with Crippen molar-refractivity contribution < 1.29 is 4.74 Å². The molecule has 0 bridgehead atoms. The van der Waals surface area contributed by atoms with Gasteiger partial charge in [0.2, 0.25) is 0 Å². The lowest BCUT2D eigenvalue weighted by Gasteiger charge is -2.21. The molecular formula is C23H27N3O. The van der Waals surface area contributed by atoms with Gasteiger partial charge in [-0.05, 0) is 42.0 Å². The average Bonchev–Trinajstić information content (AvgIpc) is 3.17. The number of rotatable bonds is 6. The van der Waals surface area contributed by atoms with Crippen LogP contribution in [0.25, 0.3) is 11.1 Å². The largest absolute Gasteiger partial charge is 0.487 e. The summed E-state index contributed by atoms with van der Waals surface area (Å²) >= 11 is 0. The van der Waals surface area contributed by atoms with Crippen molar-refractivity contribution >= 4 is 5.69 Å². The number of nitrogens with two attached hydrogens (primary N) is 1. The minimum absolute atomic E-state index is 0.509. The highest BCUT2D eigenvalue weighted by Gasteiger charge is 2.15. The molecule has 1 heterocycles. The van der Waals surface area contributed by atoms with Crippen molar-refractivity contribution in [1.29, 1.82) is 0 Å². The van der Waals surface area contributed by atoms with Gasteiger partial charge >= 0.3 is 0 Å².